The van der Waals surface area contributed by atoms with Crippen LogP contribution >= 0.6 is 11.6 Å². The van der Waals surface area contributed by atoms with Gasteiger partial charge >= 0.3 is 6.18 Å². The summed E-state index contributed by atoms with van der Waals surface area (Å²) in [6, 6.07) is 4.43. The molecule has 0 spiro atoms. The molecule has 1 N–H and O–H groups in total. The van der Waals surface area contributed by atoms with E-state index in [1.54, 1.807) is 12.1 Å². The van der Waals surface area contributed by atoms with E-state index in [0.717, 1.165) is 18.1 Å². The van der Waals surface area contributed by atoms with Gasteiger partial charge in [-0.05, 0) is 37.1 Å². The van der Waals surface area contributed by atoms with Crippen molar-refractivity contribution in [2.75, 3.05) is 11.9 Å². The van der Waals surface area contributed by atoms with E-state index < -0.39 is 11.9 Å². The minimum absolute atomic E-state index is 0.172. The zero-order valence-electron chi connectivity index (χ0n) is 11.1. The first-order valence-electron chi connectivity index (χ1n) is 6.25. The van der Waals surface area contributed by atoms with Crippen molar-refractivity contribution in [1.29, 1.82) is 0 Å². The third-order valence-electron chi connectivity index (χ3n) is 2.87. The van der Waals surface area contributed by atoms with Gasteiger partial charge in [-0.15, -0.1) is 0 Å². The molecule has 0 aliphatic carbocycles. The zero-order chi connectivity index (χ0) is 14.9. The maximum atomic E-state index is 12.9. The summed E-state index contributed by atoms with van der Waals surface area (Å²) in [7, 11) is 0. The van der Waals surface area contributed by atoms with Gasteiger partial charge in [-0.3, -0.25) is 0 Å². The first kappa shape index (κ1) is 14.9. The van der Waals surface area contributed by atoms with Gasteiger partial charge in [0.1, 0.15) is 5.69 Å². The van der Waals surface area contributed by atoms with E-state index in [1.807, 2.05) is 13.8 Å². The third kappa shape index (κ3) is 2.98. The van der Waals surface area contributed by atoms with E-state index in [0.29, 0.717) is 17.6 Å². The van der Waals surface area contributed by atoms with Gasteiger partial charge in [-0.2, -0.15) is 13.2 Å². The minimum Gasteiger partial charge on any atom is -0.384 e. The predicted molar refractivity (Wildman–Crippen MR) is 75.3 cm³/mol. The summed E-state index contributed by atoms with van der Waals surface area (Å²) in [6.45, 7) is 4.37. The highest BCUT2D eigenvalue weighted by Crippen LogP contribution is 2.35. The van der Waals surface area contributed by atoms with E-state index >= 15 is 0 Å². The Morgan fingerprint density at radius 2 is 1.95 bits per heavy atom. The van der Waals surface area contributed by atoms with Crippen molar-refractivity contribution in [1.82, 2.24) is 4.98 Å². The fourth-order valence-electron chi connectivity index (χ4n) is 1.97. The Bertz CT molecular complexity index is 638. The van der Waals surface area contributed by atoms with E-state index in [-0.39, 0.29) is 10.5 Å². The molecule has 0 fully saturated rings. The maximum absolute atomic E-state index is 12.9. The Balaban J connectivity index is 2.71. The fraction of sp³-hybridized carbons (Fsp3) is 0.357. The molecule has 0 aliphatic rings. The fourth-order valence-corrected chi connectivity index (χ4v) is 2.29. The number of benzene rings is 1. The molecule has 1 aromatic heterocycles. The van der Waals surface area contributed by atoms with Crippen LogP contribution in [-0.4, -0.2) is 11.5 Å². The van der Waals surface area contributed by atoms with Gasteiger partial charge in [0.15, 0.2) is 0 Å². The second-order valence-corrected chi connectivity index (χ2v) is 5.03. The third-order valence-corrected chi connectivity index (χ3v) is 3.16. The molecule has 2 nitrogen and oxygen atoms in total. The van der Waals surface area contributed by atoms with Crippen LogP contribution in [0.1, 0.15) is 24.6 Å². The monoisotopic (exact) mass is 302 g/mol. The predicted octanol–water partition coefficient (Wildman–Crippen LogP) is 5.04. The molecule has 0 unspecified atom stereocenters. The highest BCUT2D eigenvalue weighted by Gasteiger charge is 2.33. The van der Waals surface area contributed by atoms with E-state index in [4.69, 9.17) is 11.6 Å². The maximum Gasteiger partial charge on any atom is 0.433 e. The molecule has 2 rings (SSSR count). The number of pyridine rings is 1. The number of nitrogens with one attached hydrogen (secondary N) is 1. The quantitative estimate of drug-likeness (QED) is 0.859. The van der Waals surface area contributed by atoms with Crippen LogP contribution in [-0.2, 0) is 6.18 Å². The van der Waals surface area contributed by atoms with Gasteiger partial charge in [-0.1, -0.05) is 18.5 Å². The molecule has 1 heterocycles. The molecule has 20 heavy (non-hydrogen) atoms. The summed E-state index contributed by atoms with van der Waals surface area (Å²) < 4.78 is 38.7. The normalized spacial score (nSPS) is 11.9. The van der Waals surface area contributed by atoms with Crippen molar-refractivity contribution in [2.45, 2.75) is 26.4 Å². The second-order valence-electron chi connectivity index (χ2n) is 4.62. The molecule has 0 amide bonds. The van der Waals surface area contributed by atoms with Crippen molar-refractivity contribution in [2.24, 2.45) is 0 Å². The van der Waals surface area contributed by atoms with Crippen LogP contribution in [0.15, 0.2) is 18.2 Å². The standard InChI is InChI=1S/C14H14ClF3N2/c1-3-4-19-11-7-12(14(16,17)18)20-13-9(11)5-8(2)6-10(13)15/h5-7H,3-4H2,1-2H3,(H,19,20). The van der Waals surface area contributed by atoms with Gasteiger partial charge < -0.3 is 5.32 Å². The number of hydrogen-bond acceptors (Lipinski definition) is 2. The lowest BCUT2D eigenvalue weighted by atomic mass is 10.1. The number of nitrogens with zero attached hydrogens (tertiary/aromatic N) is 1. The van der Waals surface area contributed by atoms with Crippen molar-refractivity contribution in [3.63, 3.8) is 0 Å². The molecule has 0 saturated heterocycles. The SMILES string of the molecule is CCCNc1cc(C(F)(F)F)nc2c(Cl)cc(C)cc12. The van der Waals surface area contributed by atoms with Crippen LogP contribution in [0.3, 0.4) is 0 Å². The molecule has 108 valence electrons. The van der Waals surface area contributed by atoms with Crippen molar-refractivity contribution in [3.05, 3.63) is 34.5 Å². The molecule has 0 radical (unpaired) electrons. The largest absolute Gasteiger partial charge is 0.433 e. The zero-order valence-corrected chi connectivity index (χ0v) is 11.9. The highest BCUT2D eigenvalue weighted by molar-refractivity contribution is 6.35. The van der Waals surface area contributed by atoms with Crippen LogP contribution in [0.25, 0.3) is 10.9 Å². The van der Waals surface area contributed by atoms with E-state index in [1.165, 1.54) is 0 Å². The molecule has 0 aliphatic heterocycles. The average molecular weight is 303 g/mol. The summed E-state index contributed by atoms with van der Waals surface area (Å²) >= 11 is 6.03. The van der Waals surface area contributed by atoms with Crippen LogP contribution in [0.2, 0.25) is 5.02 Å². The van der Waals surface area contributed by atoms with Gasteiger partial charge in [0, 0.05) is 17.6 Å². The number of rotatable bonds is 3. The second kappa shape index (κ2) is 5.48. The lowest BCUT2D eigenvalue weighted by molar-refractivity contribution is -0.140. The van der Waals surface area contributed by atoms with Crippen molar-refractivity contribution in [3.8, 4) is 0 Å². The number of aryl methyl sites for hydroxylation is 1. The van der Waals surface area contributed by atoms with Gasteiger partial charge in [-0.25, -0.2) is 4.98 Å². The van der Waals surface area contributed by atoms with Gasteiger partial charge in [0.05, 0.1) is 10.5 Å². The van der Waals surface area contributed by atoms with Crippen LogP contribution < -0.4 is 5.32 Å². The topological polar surface area (TPSA) is 24.9 Å². The number of alkyl halides is 3. The summed E-state index contributed by atoms with van der Waals surface area (Å²) in [5.41, 5.74) is 0.526. The Hall–Kier alpha value is -1.49. The Morgan fingerprint density at radius 3 is 2.55 bits per heavy atom. The minimum atomic E-state index is -4.49. The van der Waals surface area contributed by atoms with Crippen LogP contribution in [0.4, 0.5) is 18.9 Å². The first-order chi connectivity index (χ1) is 9.32. The first-order valence-corrected chi connectivity index (χ1v) is 6.62. The molecule has 0 saturated carbocycles. The van der Waals surface area contributed by atoms with Gasteiger partial charge in [0.25, 0.3) is 0 Å². The lowest BCUT2D eigenvalue weighted by Gasteiger charge is -2.14. The number of halogens is 4. The highest BCUT2D eigenvalue weighted by atomic mass is 35.5. The summed E-state index contributed by atoms with van der Waals surface area (Å²) in [5.74, 6) is 0. The number of anilines is 1. The Labute approximate surface area is 120 Å². The Kier molecular flexibility index (Phi) is 4.09. The van der Waals surface area contributed by atoms with Crippen molar-refractivity contribution < 1.29 is 13.2 Å². The molecule has 6 heteroatoms. The van der Waals surface area contributed by atoms with Crippen LogP contribution in [0.5, 0.6) is 0 Å². The Morgan fingerprint density at radius 1 is 1.25 bits per heavy atom. The molecule has 2 aromatic rings. The number of hydrogen-bond donors (Lipinski definition) is 1. The lowest BCUT2D eigenvalue weighted by Crippen LogP contribution is -2.10. The van der Waals surface area contributed by atoms with E-state index in [9.17, 15) is 13.2 Å². The van der Waals surface area contributed by atoms with Gasteiger partial charge in [0.2, 0.25) is 0 Å². The van der Waals surface area contributed by atoms with Crippen molar-refractivity contribution >= 4 is 28.2 Å². The summed E-state index contributed by atoms with van der Waals surface area (Å²) in [4.78, 5) is 3.66. The summed E-state index contributed by atoms with van der Waals surface area (Å²) in [6.07, 6.45) is -3.68. The molecule has 0 bridgehead atoms. The molecular formula is C14H14ClF3N2. The summed E-state index contributed by atoms with van der Waals surface area (Å²) in [5, 5.41) is 3.84. The average Bonchev–Trinajstić information content (AvgIpc) is 2.34. The molecular weight excluding hydrogens is 289 g/mol. The molecule has 1 aromatic carbocycles. The molecule has 0 atom stereocenters. The van der Waals surface area contributed by atoms with E-state index in [2.05, 4.69) is 10.3 Å². The smallest absolute Gasteiger partial charge is 0.384 e. The van der Waals surface area contributed by atoms with Crippen LogP contribution in [0, 0.1) is 6.92 Å². The number of fused-ring (bicyclic) bond motifs is 1. The number of aromatic nitrogens is 1.